The molecule has 0 heterocycles. The fourth-order valence-corrected chi connectivity index (χ4v) is 2.76. The van der Waals surface area contributed by atoms with Crippen molar-refractivity contribution in [1.29, 1.82) is 0 Å². The minimum Gasteiger partial charge on any atom is -0.489 e. The van der Waals surface area contributed by atoms with Crippen molar-refractivity contribution in [3.8, 4) is 5.75 Å². The Morgan fingerprint density at radius 3 is 2.72 bits per heavy atom. The van der Waals surface area contributed by atoms with Crippen LogP contribution in [0.25, 0.3) is 0 Å². The van der Waals surface area contributed by atoms with Gasteiger partial charge in [0, 0.05) is 17.1 Å². The molecule has 0 aliphatic heterocycles. The molecule has 0 bridgehead atoms. The van der Waals surface area contributed by atoms with Gasteiger partial charge in [-0.15, -0.1) is 0 Å². The largest absolute Gasteiger partial charge is 0.489 e. The van der Waals surface area contributed by atoms with E-state index in [2.05, 4.69) is 15.8 Å². The average molecular weight is 417 g/mol. The predicted molar refractivity (Wildman–Crippen MR) is 109 cm³/mol. The quantitative estimate of drug-likeness (QED) is 0.299. The van der Waals surface area contributed by atoms with Gasteiger partial charge in [-0.1, -0.05) is 46.9 Å². The van der Waals surface area contributed by atoms with Crippen molar-refractivity contribution in [2.24, 2.45) is 5.10 Å². The number of nitrogens with one attached hydrogen (secondary N) is 2. The van der Waals surface area contributed by atoms with E-state index >= 15 is 0 Å². The number of hydrogen-bond acceptors (Lipinski definition) is 3. The predicted octanol–water partition coefficient (Wildman–Crippen LogP) is 5.04. The normalized spacial score (nSPS) is 10.7. The fraction of sp³-hybridized carbons (Fsp3) is 0.176. The third-order valence-electron chi connectivity index (χ3n) is 3.10. The third-order valence-corrected chi connectivity index (χ3v) is 4.53. The van der Waals surface area contributed by atoms with Crippen molar-refractivity contribution in [3.05, 3.63) is 62.6 Å². The summed E-state index contributed by atoms with van der Waals surface area (Å²) in [4.78, 5) is 0. The Bertz CT molecular complexity index is 784. The van der Waals surface area contributed by atoms with Crippen LogP contribution in [0, 0.1) is 0 Å². The molecule has 0 radical (unpaired) electrons. The van der Waals surface area contributed by atoms with Crippen LogP contribution in [0.2, 0.25) is 15.1 Å². The van der Waals surface area contributed by atoms with Crippen LogP contribution < -0.4 is 15.5 Å². The van der Waals surface area contributed by atoms with Crippen LogP contribution in [0.5, 0.6) is 5.75 Å². The van der Waals surface area contributed by atoms with E-state index in [0.29, 0.717) is 31.5 Å². The van der Waals surface area contributed by atoms with Crippen molar-refractivity contribution >= 4 is 58.3 Å². The molecule has 132 valence electrons. The maximum atomic E-state index is 6.18. The molecule has 0 saturated heterocycles. The first-order valence-electron chi connectivity index (χ1n) is 7.43. The summed E-state index contributed by atoms with van der Waals surface area (Å²) < 4.78 is 5.77. The van der Waals surface area contributed by atoms with Crippen molar-refractivity contribution in [2.75, 3.05) is 6.54 Å². The molecule has 8 heteroatoms. The molecule has 0 amide bonds. The van der Waals surface area contributed by atoms with Gasteiger partial charge in [-0.05, 0) is 49.0 Å². The molecule has 0 aromatic heterocycles. The summed E-state index contributed by atoms with van der Waals surface area (Å²) >= 11 is 23.4. The smallest absolute Gasteiger partial charge is 0.186 e. The fourth-order valence-electron chi connectivity index (χ4n) is 1.91. The van der Waals surface area contributed by atoms with Gasteiger partial charge in [-0.3, -0.25) is 5.43 Å². The Morgan fingerprint density at radius 2 is 1.96 bits per heavy atom. The maximum absolute atomic E-state index is 6.18. The highest BCUT2D eigenvalue weighted by Gasteiger charge is 2.10. The zero-order chi connectivity index (χ0) is 18.2. The number of benzene rings is 2. The number of ether oxygens (including phenoxy) is 1. The van der Waals surface area contributed by atoms with Gasteiger partial charge in [0.25, 0.3) is 0 Å². The van der Waals surface area contributed by atoms with Gasteiger partial charge >= 0.3 is 0 Å². The zero-order valence-electron chi connectivity index (χ0n) is 13.4. The van der Waals surface area contributed by atoms with E-state index in [4.69, 9.17) is 51.8 Å². The molecule has 0 saturated carbocycles. The van der Waals surface area contributed by atoms with E-state index in [1.54, 1.807) is 18.3 Å². The third kappa shape index (κ3) is 6.04. The SMILES string of the molecule is CCNC(=S)N/N=C/c1cccc(OCc2c(Cl)ccc(Cl)c2Cl)c1. The second kappa shape index (κ2) is 9.82. The van der Waals surface area contributed by atoms with Crippen molar-refractivity contribution in [1.82, 2.24) is 10.7 Å². The summed E-state index contributed by atoms with van der Waals surface area (Å²) in [6.07, 6.45) is 1.65. The molecule has 0 unspecified atom stereocenters. The Hall–Kier alpha value is -1.53. The van der Waals surface area contributed by atoms with Gasteiger partial charge in [0.2, 0.25) is 0 Å². The first-order valence-corrected chi connectivity index (χ1v) is 8.97. The Labute approximate surface area is 167 Å². The second-order valence-electron chi connectivity index (χ2n) is 4.91. The molecular weight excluding hydrogens is 401 g/mol. The van der Waals surface area contributed by atoms with E-state index in [1.165, 1.54) is 0 Å². The lowest BCUT2D eigenvalue weighted by Gasteiger charge is -2.11. The maximum Gasteiger partial charge on any atom is 0.186 e. The highest BCUT2D eigenvalue weighted by Crippen LogP contribution is 2.32. The highest BCUT2D eigenvalue weighted by molar-refractivity contribution is 7.80. The summed E-state index contributed by atoms with van der Waals surface area (Å²) in [6.45, 7) is 2.90. The number of halogens is 3. The van der Waals surface area contributed by atoms with Crippen LogP contribution in [-0.2, 0) is 6.61 Å². The highest BCUT2D eigenvalue weighted by atomic mass is 35.5. The average Bonchev–Trinajstić information content (AvgIpc) is 2.59. The first kappa shape index (κ1) is 19.8. The van der Waals surface area contributed by atoms with Gasteiger partial charge in [-0.25, -0.2) is 0 Å². The van der Waals surface area contributed by atoms with Crippen LogP contribution in [-0.4, -0.2) is 17.9 Å². The van der Waals surface area contributed by atoms with E-state index in [9.17, 15) is 0 Å². The molecule has 25 heavy (non-hydrogen) atoms. The van der Waals surface area contributed by atoms with Crippen LogP contribution in [0.15, 0.2) is 41.5 Å². The van der Waals surface area contributed by atoms with Gasteiger partial charge in [0.15, 0.2) is 5.11 Å². The van der Waals surface area contributed by atoms with E-state index in [0.717, 1.165) is 12.1 Å². The summed E-state index contributed by atoms with van der Waals surface area (Å²) in [7, 11) is 0. The van der Waals surface area contributed by atoms with Crippen LogP contribution >= 0.6 is 47.0 Å². The summed E-state index contributed by atoms with van der Waals surface area (Å²) in [5.41, 5.74) is 4.23. The molecule has 2 N–H and O–H groups in total. The molecule has 2 aromatic carbocycles. The number of rotatable bonds is 6. The topological polar surface area (TPSA) is 45.7 Å². The molecule has 4 nitrogen and oxygen atoms in total. The van der Waals surface area contributed by atoms with Gasteiger partial charge in [0.05, 0.1) is 16.3 Å². The van der Waals surface area contributed by atoms with Crippen LogP contribution in [0.1, 0.15) is 18.1 Å². The number of hydrogen-bond donors (Lipinski definition) is 2. The summed E-state index contributed by atoms with van der Waals surface area (Å²) in [5.74, 6) is 0.658. The zero-order valence-corrected chi connectivity index (χ0v) is 16.4. The van der Waals surface area contributed by atoms with Crippen LogP contribution in [0.3, 0.4) is 0 Å². The van der Waals surface area contributed by atoms with E-state index in [-0.39, 0.29) is 6.61 Å². The second-order valence-corrected chi connectivity index (χ2v) is 6.51. The summed E-state index contributed by atoms with van der Waals surface area (Å²) in [6, 6.07) is 10.8. The molecule has 0 aliphatic rings. The van der Waals surface area contributed by atoms with E-state index in [1.807, 2.05) is 31.2 Å². The Kier molecular flexibility index (Phi) is 7.78. The lowest BCUT2D eigenvalue weighted by atomic mass is 10.2. The first-order chi connectivity index (χ1) is 12.0. The molecule has 2 rings (SSSR count). The lowest BCUT2D eigenvalue weighted by molar-refractivity contribution is 0.306. The molecule has 0 aliphatic carbocycles. The molecular formula is C17H16Cl3N3OS. The van der Waals surface area contributed by atoms with Crippen LogP contribution in [0.4, 0.5) is 0 Å². The Morgan fingerprint density at radius 1 is 1.20 bits per heavy atom. The molecule has 0 spiro atoms. The number of hydrazone groups is 1. The molecule has 0 fully saturated rings. The van der Waals surface area contributed by atoms with Crippen molar-refractivity contribution in [2.45, 2.75) is 13.5 Å². The van der Waals surface area contributed by atoms with Crippen molar-refractivity contribution < 1.29 is 4.74 Å². The number of nitrogens with zero attached hydrogens (tertiary/aromatic N) is 1. The monoisotopic (exact) mass is 415 g/mol. The minimum atomic E-state index is 0.210. The van der Waals surface area contributed by atoms with Gasteiger partial charge in [0.1, 0.15) is 12.4 Å². The Balaban J connectivity index is 2.01. The van der Waals surface area contributed by atoms with E-state index < -0.39 is 0 Å². The summed E-state index contributed by atoms with van der Waals surface area (Å²) in [5, 5.41) is 8.82. The molecule has 0 atom stereocenters. The lowest BCUT2D eigenvalue weighted by Crippen LogP contribution is -2.31. The minimum absolute atomic E-state index is 0.210. The number of thiocarbonyl (C=S) groups is 1. The van der Waals surface area contributed by atoms with Gasteiger partial charge < -0.3 is 10.1 Å². The standard InChI is InChI=1S/C17H16Cl3N3OS/c1-2-21-17(25)23-22-9-11-4-3-5-12(8-11)24-10-13-14(18)6-7-15(19)16(13)20/h3-9H,2,10H2,1H3,(H2,21,23,25)/b22-9+. The van der Waals surface area contributed by atoms with Crippen molar-refractivity contribution in [3.63, 3.8) is 0 Å². The van der Waals surface area contributed by atoms with Gasteiger partial charge in [-0.2, -0.15) is 5.10 Å². The molecule has 2 aromatic rings.